The second kappa shape index (κ2) is 6.36. The van der Waals surface area contributed by atoms with E-state index in [4.69, 9.17) is 23.2 Å². The van der Waals surface area contributed by atoms with Gasteiger partial charge in [-0.3, -0.25) is 8.98 Å². The first-order chi connectivity index (χ1) is 11.9. The normalized spacial score (nSPS) is 27.2. The van der Waals surface area contributed by atoms with E-state index < -0.39 is 32.9 Å². The smallest absolute Gasteiger partial charge is 0.293 e. The number of carbonyl (C=O) groups is 1. The van der Waals surface area contributed by atoms with E-state index in [1.54, 1.807) is 0 Å². The highest BCUT2D eigenvalue weighted by molar-refractivity contribution is 7.87. The van der Waals surface area contributed by atoms with Crippen LogP contribution in [0.4, 0.5) is 13.2 Å². The fourth-order valence-electron chi connectivity index (χ4n) is 3.98. The molecule has 0 aromatic heterocycles. The monoisotopic (exact) mass is 430 g/mol. The lowest BCUT2D eigenvalue weighted by molar-refractivity contribution is -0.0640. The number of ketones is 1. The van der Waals surface area contributed by atoms with E-state index in [0.29, 0.717) is 12.8 Å². The van der Waals surface area contributed by atoms with Gasteiger partial charge in [0.1, 0.15) is 6.10 Å². The van der Waals surface area contributed by atoms with Gasteiger partial charge in [0.15, 0.2) is 5.78 Å². The highest BCUT2D eigenvalue weighted by Gasteiger charge is 2.60. The molecule has 3 rings (SSSR count). The van der Waals surface area contributed by atoms with E-state index in [9.17, 15) is 26.4 Å². The Balaban J connectivity index is 2.18. The molecule has 2 aliphatic rings. The van der Waals surface area contributed by atoms with Gasteiger partial charge < -0.3 is 0 Å². The number of benzene rings is 1. The third-order valence-corrected chi connectivity index (χ3v) is 7.20. The van der Waals surface area contributed by atoms with Crippen molar-refractivity contribution in [2.24, 2.45) is 11.3 Å². The van der Waals surface area contributed by atoms with Crippen molar-refractivity contribution in [1.82, 2.24) is 0 Å². The van der Waals surface area contributed by atoms with Gasteiger partial charge in [0, 0.05) is 5.56 Å². The van der Waals surface area contributed by atoms with Crippen molar-refractivity contribution in [2.45, 2.75) is 44.2 Å². The van der Waals surface area contributed by atoms with Crippen molar-refractivity contribution in [1.29, 1.82) is 0 Å². The molecule has 0 spiro atoms. The molecule has 0 N–H and O–H groups in total. The predicted molar refractivity (Wildman–Crippen MR) is 89.7 cm³/mol. The zero-order valence-electron chi connectivity index (χ0n) is 13.6. The Labute approximate surface area is 158 Å². The summed E-state index contributed by atoms with van der Waals surface area (Å²) in [6, 6.07) is 2.62. The Hall–Kier alpha value is -0.830. The van der Waals surface area contributed by atoms with Crippen LogP contribution in [0.2, 0.25) is 10.0 Å². The molecular formula is C16H15Cl2F3O4S. The SMILES string of the molecule is CC1(C2CCCC2)C(=O)c2c(ccc(Cl)c2Cl)[C@@H]1OS(=O)(=O)C(F)(F)F. The summed E-state index contributed by atoms with van der Waals surface area (Å²) in [6.07, 6.45) is 1.18. The average Bonchev–Trinajstić information content (AvgIpc) is 3.13. The van der Waals surface area contributed by atoms with Crippen molar-refractivity contribution in [3.63, 3.8) is 0 Å². The Kier molecular flexibility index (Phi) is 4.87. The van der Waals surface area contributed by atoms with Gasteiger partial charge in [0.25, 0.3) is 0 Å². The fraction of sp³-hybridized carbons (Fsp3) is 0.562. The van der Waals surface area contributed by atoms with Crippen LogP contribution in [0, 0.1) is 11.3 Å². The molecule has 2 aliphatic carbocycles. The van der Waals surface area contributed by atoms with E-state index in [1.165, 1.54) is 19.1 Å². The maximum atomic E-state index is 13.1. The zero-order chi connectivity index (χ0) is 19.5. The second-order valence-electron chi connectivity index (χ2n) is 6.79. The molecule has 1 fully saturated rings. The van der Waals surface area contributed by atoms with Crippen LogP contribution in [0.25, 0.3) is 0 Å². The molecule has 0 amide bonds. The minimum absolute atomic E-state index is 0.0200. The van der Waals surface area contributed by atoms with Gasteiger partial charge in [-0.05, 0) is 37.3 Å². The maximum Gasteiger partial charge on any atom is 0.523 e. The number of hydrogen-bond donors (Lipinski definition) is 0. The molecule has 1 unspecified atom stereocenters. The third kappa shape index (κ3) is 2.85. The average molecular weight is 431 g/mol. The van der Waals surface area contributed by atoms with Crippen molar-refractivity contribution in [3.8, 4) is 0 Å². The summed E-state index contributed by atoms with van der Waals surface area (Å²) in [5.41, 5.74) is -7.10. The van der Waals surface area contributed by atoms with Crippen LogP contribution in [-0.4, -0.2) is 19.7 Å². The number of Topliss-reactive ketones (excluding diaryl/α,β-unsaturated/α-hetero) is 1. The fourth-order valence-corrected chi connectivity index (χ4v) is 5.07. The number of alkyl halides is 3. The minimum Gasteiger partial charge on any atom is -0.293 e. The number of carbonyl (C=O) groups excluding carboxylic acids is 1. The van der Waals surface area contributed by atoms with Gasteiger partial charge in [-0.25, -0.2) is 0 Å². The molecule has 144 valence electrons. The number of halogens is 5. The Morgan fingerprint density at radius 3 is 2.31 bits per heavy atom. The van der Waals surface area contributed by atoms with Crippen LogP contribution in [0.1, 0.15) is 54.6 Å². The highest BCUT2D eigenvalue weighted by atomic mass is 35.5. The third-order valence-electron chi connectivity index (χ3n) is 5.38. The predicted octanol–water partition coefficient (Wildman–Crippen LogP) is 5.29. The molecule has 10 heteroatoms. The Morgan fingerprint density at radius 2 is 1.77 bits per heavy atom. The standard InChI is InChI=1S/C16H15Cl2F3O4S/c1-15(8-4-2-3-5-8)13(22)11-9(6-7-10(17)12(11)18)14(15)25-26(23,24)16(19,20)21/h6-8,14H,2-5H2,1H3/t14-,15?/m0/s1. The minimum atomic E-state index is -5.90. The van der Waals surface area contributed by atoms with Crippen molar-refractivity contribution < 1.29 is 30.6 Å². The van der Waals surface area contributed by atoms with E-state index in [1.807, 2.05) is 0 Å². The molecule has 0 aliphatic heterocycles. The molecule has 1 aromatic carbocycles. The van der Waals surface area contributed by atoms with Crippen molar-refractivity contribution in [2.75, 3.05) is 0 Å². The summed E-state index contributed by atoms with van der Waals surface area (Å²) >= 11 is 12.1. The topological polar surface area (TPSA) is 60.4 Å². The molecule has 0 saturated heterocycles. The molecule has 1 aromatic rings. The van der Waals surface area contributed by atoms with Crippen molar-refractivity contribution in [3.05, 3.63) is 33.3 Å². The molecule has 0 bridgehead atoms. The van der Waals surface area contributed by atoms with E-state index >= 15 is 0 Å². The lowest BCUT2D eigenvalue weighted by atomic mass is 9.71. The molecule has 2 atom stereocenters. The summed E-state index contributed by atoms with van der Waals surface area (Å²) in [6.45, 7) is 1.45. The first-order valence-corrected chi connectivity index (χ1v) is 10.1. The van der Waals surface area contributed by atoms with Crippen LogP contribution in [0.3, 0.4) is 0 Å². The lowest BCUT2D eigenvalue weighted by Crippen LogP contribution is -2.39. The Morgan fingerprint density at radius 1 is 1.19 bits per heavy atom. The maximum absolute atomic E-state index is 13.1. The summed E-state index contributed by atoms with van der Waals surface area (Å²) in [4.78, 5) is 13.1. The van der Waals surface area contributed by atoms with Crippen LogP contribution in [0.5, 0.6) is 0 Å². The zero-order valence-corrected chi connectivity index (χ0v) is 15.9. The summed E-state index contributed by atoms with van der Waals surface area (Å²) in [5.74, 6) is -0.847. The number of fused-ring (bicyclic) bond motifs is 1. The highest BCUT2D eigenvalue weighted by Crippen LogP contribution is 2.58. The van der Waals surface area contributed by atoms with Gasteiger partial charge in [0.2, 0.25) is 0 Å². The second-order valence-corrected chi connectivity index (χ2v) is 9.14. The van der Waals surface area contributed by atoms with Crippen molar-refractivity contribution >= 4 is 39.1 Å². The molecule has 1 saturated carbocycles. The number of rotatable bonds is 3. The van der Waals surface area contributed by atoms with Gasteiger partial charge in [-0.1, -0.05) is 42.1 Å². The largest absolute Gasteiger partial charge is 0.523 e. The quantitative estimate of drug-likeness (QED) is 0.482. The van der Waals surface area contributed by atoms with Gasteiger partial charge in [-0.15, -0.1) is 0 Å². The molecule has 0 heterocycles. The van der Waals surface area contributed by atoms with Gasteiger partial charge in [0.05, 0.1) is 15.5 Å². The molecule has 4 nitrogen and oxygen atoms in total. The summed E-state index contributed by atoms with van der Waals surface area (Å²) in [7, 11) is -5.90. The number of hydrogen-bond acceptors (Lipinski definition) is 4. The first-order valence-electron chi connectivity index (χ1n) is 7.93. The van der Waals surface area contributed by atoms with Crippen LogP contribution in [0.15, 0.2) is 12.1 Å². The molecular weight excluding hydrogens is 416 g/mol. The van der Waals surface area contributed by atoms with E-state index in [0.717, 1.165) is 12.8 Å². The van der Waals surface area contributed by atoms with Crippen LogP contribution >= 0.6 is 23.2 Å². The summed E-state index contributed by atoms with van der Waals surface area (Å²) < 4.78 is 66.6. The Bertz CT molecular complexity index is 863. The summed E-state index contributed by atoms with van der Waals surface area (Å²) in [5, 5.41) is -0.0410. The van der Waals surface area contributed by atoms with Gasteiger partial charge >= 0.3 is 15.6 Å². The first kappa shape index (κ1) is 19.9. The van der Waals surface area contributed by atoms with Crippen LogP contribution < -0.4 is 0 Å². The van der Waals surface area contributed by atoms with E-state index in [2.05, 4.69) is 4.18 Å². The molecule has 26 heavy (non-hydrogen) atoms. The van der Waals surface area contributed by atoms with Gasteiger partial charge in [-0.2, -0.15) is 21.6 Å². The lowest BCUT2D eigenvalue weighted by Gasteiger charge is -2.35. The van der Waals surface area contributed by atoms with E-state index in [-0.39, 0.29) is 27.1 Å². The molecule has 0 radical (unpaired) electrons. The van der Waals surface area contributed by atoms with Crippen LogP contribution in [-0.2, 0) is 14.3 Å².